The van der Waals surface area contributed by atoms with Gasteiger partial charge in [-0.15, -0.1) is 0 Å². The Bertz CT molecular complexity index is 1010. The molecule has 1 N–H and O–H groups in total. The number of phenols is 1. The van der Waals surface area contributed by atoms with Crippen molar-refractivity contribution in [1.29, 1.82) is 0 Å². The zero-order chi connectivity index (χ0) is 20.3. The molecule has 5 nitrogen and oxygen atoms in total. The van der Waals surface area contributed by atoms with E-state index < -0.39 is 5.97 Å². The molecule has 0 amide bonds. The minimum Gasteiger partial charge on any atom is -0.504 e. The van der Waals surface area contributed by atoms with Crippen molar-refractivity contribution >= 4 is 39.3 Å². The van der Waals surface area contributed by atoms with Crippen LogP contribution in [0.2, 0.25) is 0 Å². The first-order valence-corrected chi connectivity index (χ1v) is 9.92. The lowest BCUT2D eigenvalue weighted by atomic mass is 9.99. The number of carbonyl (C=O) groups is 1. The minimum atomic E-state index is -0.392. The van der Waals surface area contributed by atoms with E-state index in [1.54, 1.807) is 6.92 Å². The molecule has 0 atom stereocenters. The van der Waals surface area contributed by atoms with Crippen LogP contribution in [0.1, 0.15) is 24.5 Å². The number of carbonyl (C=O) groups excluding carboxylic acids is 1. The monoisotopic (exact) mass is 492 g/mol. The quantitative estimate of drug-likeness (QED) is 0.296. The zero-order valence-corrected chi connectivity index (χ0v) is 18.1. The Morgan fingerprint density at radius 1 is 1.00 bits per heavy atom. The third-order valence-electron chi connectivity index (χ3n) is 4.48. The molecule has 3 aromatic rings. The molecule has 0 spiro atoms. The normalized spacial score (nSPS) is 10.7. The molecule has 0 aliphatic rings. The molecule has 0 unspecified atom stereocenters. The Hall–Kier alpha value is -2.48. The molecule has 0 heterocycles. The number of aromatic hydroxyl groups is 1. The van der Waals surface area contributed by atoms with Crippen LogP contribution in [0, 0.1) is 3.57 Å². The molecule has 0 radical (unpaired) electrons. The van der Waals surface area contributed by atoms with Gasteiger partial charge in [0.15, 0.2) is 11.5 Å². The Morgan fingerprint density at radius 3 is 2.29 bits per heavy atom. The van der Waals surface area contributed by atoms with E-state index in [0.29, 0.717) is 17.2 Å². The van der Waals surface area contributed by atoms with E-state index in [0.717, 1.165) is 14.7 Å². The molecular formula is C22H21IO5. The summed E-state index contributed by atoms with van der Waals surface area (Å²) in [6.45, 7) is 1.72. The third kappa shape index (κ3) is 3.73. The van der Waals surface area contributed by atoms with Gasteiger partial charge in [-0.1, -0.05) is 49.4 Å². The lowest BCUT2D eigenvalue weighted by molar-refractivity contribution is -0.134. The van der Waals surface area contributed by atoms with Gasteiger partial charge < -0.3 is 19.3 Å². The lowest BCUT2D eigenvalue weighted by Gasteiger charge is -2.19. The minimum absolute atomic E-state index is 0.0465. The molecule has 0 fully saturated rings. The van der Waals surface area contributed by atoms with Crippen molar-refractivity contribution in [3.8, 4) is 23.0 Å². The number of hydrogen-bond donors (Lipinski definition) is 1. The summed E-state index contributed by atoms with van der Waals surface area (Å²) < 4.78 is 17.3. The van der Waals surface area contributed by atoms with Crippen LogP contribution >= 0.6 is 22.6 Å². The topological polar surface area (TPSA) is 65.0 Å². The summed E-state index contributed by atoms with van der Waals surface area (Å²) in [5.41, 5.74) is 2.22. The number of ether oxygens (including phenoxy) is 3. The van der Waals surface area contributed by atoms with Crippen molar-refractivity contribution in [3.05, 3.63) is 57.2 Å². The molecule has 0 aromatic heterocycles. The predicted molar refractivity (Wildman–Crippen MR) is 117 cm³/mol. The molecule has 6 heteroatoms. The molecular weight excluding hydrogens is 471 g/mol. The number of fused-ring (bicyclic) bond motifs is 1. The van der Waals surface area contributed by atoms with E-state index in [9.17, 15) is 9.90 Å². The fourth-order valence-corrected chi connectivity index (χ4v) is 4.00. The second-order valence-electron chi connectivity index (χ2n) is 6.20. The summed E-state index contributed by atoms with van der Waals surface area (Å²) in [6, 6.07) is 13.9. The largest absolute Gasteiger partial charge is 0.504 e. The van der Waals surface area contributed by atoms with E-state index in [-0.39, 0.29) is 29.4 Å². The summed E-state index contributed by atoms with van der Waals surface area (Å²) in [5.74, 6) is 0.161. The van der Waals surface area contributed by atoms with Crippen LogP contribution in [0.25, 0.3) is 10.8 Å². The first-order valence-electron chi connectivity index (χ1n) is 8.84. The first-order chi connectivity index (χ1) is 13.5. The number of rotatable bonds is 6. The standard InChI is InChI=1S/C22H21IO5/c1-4-16(24)28-20-17-15(19(25)21(26-2)22(20)27-3)11-10-14(18(17)23)12-13-8-6-5-7-9-13/h5-11,25H,4,12H2,1-3H3. The second-order valence-corrected chi connectivity index (χ2v) is 7.27. The first kappa shape index (κ1) is 20.3. The van der Waals surface area contributed by atoms with Crippen molar-refractivity contribution in [2.45, 2.75) is 19.8 Å². The zero-order valence-electron chi connectivity index (χ0n) is 15.9. The summed E-state index contributed by atoms with van der Waals surface area (Å²) in [7, 11) is 2.89. The average molecular weight is 492 g/mol. The van der Waals surface area contributed by atoms with Gasteiger partial charge in [0.25, 0.3) is 0 Å². The summed E-state index contributed by atoms with van der Waals surface area (Å²) >= 11 is 2.22. The van der Waals surface area contributed by atoms with Gasteiger partial charge in [0, 0.05) is 20.8 Å². The third-order valence-corrected chi connectivity index (χ3v) is 5.71. The Labute approximate surface area is 177 Å². The molecule has 0 saturated heterocycles. The number of halogens is 1. The Morgan fingerprint density at radius 2 is 1.68 bits per heavy atom. The predicted octanol–water partition coefficient (Wildman–Crippen LogP) is 5.07. The van der Waals surface area contributed by atoms with Crippen molar-refractivity contribution < 1.29 is 24.1 Å². The van der Waals surface area contributed by atoms with E-state index >= 15 is 0 Å². The van der Waals surface area contributed by atoms with Gasteiger partial charge in [0.1, 0.15) is 0 Å². The molecule has 28 heavy (non-hydrogen) atoms. The highest BCUT2D eigenvalue weighted by Crippen LogP contribution is 2.52. The molecule has 0 aliphatic carbocycles. The maximum atomic E-state index is 12.1. The second kappa shape index (κ2) is 8.68. The average Bonchev–Trinajstić information content (AvgIpc) is 2.71. The van der Waals surface area contributed by atoms with Crippen LogP contribution in [-0.4, -0.2) is 25.3 Å². The van der Waals surface area contributed by atoms with Gasteiger partial charge in [-0.05, 0) is 40.1 Å². The number of hydrogen-bond acceptors (Lipinski definition) is 5. The van der Waals surface area contributed by atoms with Gasteiger partial charge in [0.2, 0.25) is 11.5 Å². The van der Waals surface area contributed by atoms with Crippen molar-refractivity contribution in [1.82, 2.24) is 0 Å². The smallest absolute Gasteiger partial charge is 0.311 e. The Kier molecular flexibility index (Phi) is 6.28. The van der Waals surface area contributed by atoms with Crippen molar-refractivity contribution in [2.24, 2.45) is 0 Å². The van der Waals surface area contributed by atoms with Crippen LogP contribution in [0.3, 0.4) is 0 Å². The van der Waals surface area contributed by atoms with Crippen LogP contribution in [0.4, 0.5) is 0 Å². The van der Waals surface area contributed by atoms with E-state index in [4.69, 9.17) is 14.2 Å². The number of esters is 1. The lowest BCUT2D eigenvalue weighted by Crippen LogP contribution is -2.09. The van der Waals surface area contributed by atoms with Crippen molar-refractivity contribution in [3.63, 3.8) is 0 Å². The van der Waals surface area contributed by atoms with Gasteiger partial charge in [-0.3, -0.25) is 4.79 Å². The van der Waals surface area contributed by atoms with Gasteiger partial charge in [-0.2, -0.15) is 0 Å². The highest BCUT2D eigenvalue weighted by molar-refractivity contribution is 14.1. The summed E-state index contributed by atoms with van der Waals surface area (Å²) in [4.78, 5) is 12.1. The van der Waals surface area contributed by atoms with Crippen LogP contribution in [-0.2, 0) is 11.2 Å². The SMILES string of the molecule is CCC(=O)Oc1c(OC)c(OC)c(O)c2ccc(Cc3ccccc3)c(I)c12. The summed E-state index contributed by atoms with van der Waals surface area (Å²) in [5, 5.41) is 11.9. The van der Waals surface area contributed by atoms with Crippen LogP contribution < -0.4 is 14.2 Å². The highest BCUT2D eigenvalue weighted by atomic mass is 127. The number of methoxy groups -OCH3 is 2. The number of benzene rings is 3. The molecule has 0 aliphatic heterocycles. The van der Waals surface area contributed by atoms with Crippen molar-refractivity contribution in [2.75, 3.05) is 14.2 Å². The fraction of sp³-hybridized carbons (Fsp3) is 0.227. The van der Waals surface area contributed by atoms with Gasteiger partial charge in [0.05, 0.1) is 14.2 Å². The molecule has 0 saturated carbocycles. The molecule has 3 rings (SSSR count). The molecule has 146 valence electrons. The fourth-order valence-electron chi connectivity index (χ4n) is 3.10. The van der Waals surface area contributed by atoms with Crippen LogP contribution in [0.5, 0.6) is 23.0 Å². The van der Waals surface area contributed by atoms with E-state index in [2.05, 4.69) is 34.7 Å². The highest BCUT2D eigenvalue weighted by Gasteiger charge is 2.26. The van der Waals surface area contributed by atoms with Crippen LogP contribution in [0.15, 0.2) is 42.5 Å². The van der Waals surface area contributed by atoms with Gasteiger partial charge >= 0.3 is 5.97 Å². The van der Waals surface area contributed by atoms with E-state index in [1.165, 1.54) is 14.2 Å². The van der Waals surface area contributed by atoms with Gasteiger partial charge in [-0.25, -0.2) is 0 Å². The summed E-state index contributed by atoms with van der Waals surface area (Å²) in [6.07, 6.45) is 0.930. The molecule has 0 bridgehead atoms. The molecule has 3 aromatic carbocycles. The van der Waals surface area contributed by atoms with E-state index in [1.807, 2.05) is 30.3 Å². The maximum absolute atomic E-state index is 12.1. The Balaban J connectivity index is 2.29. The maximum Gasteiger partial charge on any atom is 0.311 e. The number of phenolic OH excluding ortho intramolecular Hbond substituents is 1.